The lowest BCUT2D eigenvalue weighted by atomic mass is 10.1. The van der Waals surface area contributed by atoms with E-state index in [1.165, 1.54) is 7.11 Å². The first-order valence-electron chi connectivity index (χ1n) is 8.16. The number of hydrogen-bond acceptors (Lipinski definition) is 4. The number of likely N-dealkylation sites (tertiary alicyclic amines) is 1. The van der Waals surface area contributed by atoms with E-state index in [1.54, 1.807) is 17.0 Å². The fourth-order valence-electron chi connectivity index (χ4n) is 2.61. The fourth-order valence-corrected chi connectivity index (χ4v) is 2.61. The molecule has 0 bridgehead atoms. The van der Waals surface area contributed by atoms with E-state index in [-0.39, 0.29) is 18.1 Å². The minimum atomic E-state index is -0.488. The number of ether oxygens (including phenoxy) is 2. The highest BCUT2D eigenvalue weighted by molar-refractivity contribution is 5.89. The van der Waals surface area contributed by atoms with Crippen molar-refractivity contribution in [3.63, 3.8) is 0 Å². The Morgan fingerprint density at radius 1 is 1.21 bits per heavy atom. The maximum atomic E-state index is 12.3. The molecule has 1 aromatic carbocycles. The molecule has 1 fully saturated rings. The molecule has 0 N–H and O–H groups in total. The second-order valence-corrected chi connectivity index (χ2v) is 6.86. The number of carbonyl (C=O) groups is 2. The summed E-state index contributed by atoms with van der Waals surface area (Å²) in [5.74, 6) is -0.350. The molecule has 5 heteroatoms. The number of rotatable bonds is 3. The van der Waals surface area contributed by atoms with Crippen LogP contribution in [0, 0.1) is 0 Å². The van der Waals surface area contributed by atoms with Gasteiger partial charge in [0.25, 0.3) is 0 Å². The molecule has 5 nitrogen and oxygen atoms in total. The third-order valence-corrected chi connectivity index (χ3v) is 3.77. The van der Waals surface area contributed by atoms with Gasteiger partial charge < -0.3 is 14.4 Å². The molecular weight excluding hydrogens is 306 g/mol. The van der Waals surface area contributed by atoms with Crippen LogP contribution < -0.4 is 0 Å². The molecule has 1 aromatic rings. The number of carbonyl (C=O) groups excluding carboxylic acids is 2. The second kappa shape index (κ2) is 7.51. The van der Waals surface area contributed by atoms with Crippen molar-refractivity contribution in [2.45, 2.75) is 45.3 Å². The van der Waals surface area contributed by atoms with Crippen molar-refractivity contribution in [2.24, 2.45) is 0 Å². The minimum absolute atomic E-state index is 0.0418. The first kappa shape index (κ1) is 18.0. The highest BCUT2D eigenvalue weighted by atomic mass is 16.6. The lowest BCUT2D eigenvalue weighted by Gasteiger charge is -2.27. The topological polar surface area (TPSA) is 55.8 Å². The van der Waals surface area contributed by atoms with Gasteiger partial charge >= 0.3 is 12.1 Å². The summed E-state index contributed by atoms with van der Waals surface area (Å²) in [6.07, 6.45) is 5.61. The smallest absolute Gasteiger partial charge is 0.410 e. The van der Waals surface area contributed by atoms with Crippen LogP contribution in [0.2, 0.25) is 0 Å². The van der Waals surface area contributed by atoms with Crippen LogP contribution in [0.3, 0.4) is 0 Å². The Morgan fingerprint density at radius 3 is 2.46 bits per heavy atom. The Bertz CT molecular complexity index is 613. The Balaban J connectivity index is 2.02. The molecule has 2 rings (SSSR count). The molecule has 0 aromatic heterocycles. The second-order valence-electron chi connectivity index (χ2n) is 6.86. The van der Waals surface area contributed by atoms with Crippen molar-refractivity contribution in [2.75, 3.05) is 13.7 Å². The van der Waals surface area contributed by atoms with Gasteiger partial charge in [0.2, 0.25) is 0 Å². The molecule has 1 atom stereocenters. The van der Waals surface area contributed by atoms with Crippen LogP contribution in [0.15, 0.2) is 30.3 Å². The molecule has 1 aliphatic rings. The largest absolute Gasteiger partial charge is 0.465 e. The predicted octanol–water partition coefficient (Wildman–Crippen LogP) is 3.89. The van der Waals surface area contributed by atoms with Crippen LogP contribution in [0.5, 0.6) is 0 Å². The Labute approximate surface area is 143 Å². The molecule has 24 heavy (non-hydrogen) atoms. The molecule has 0 radical (unpaired) electrons. The van der Waals surface area contributed by atoms with E-state index < -0.39 is 5.60 Å². The van der Waals surface area contributed by atoms with E-state index >= 15 is 0 Å². The summed E-state index contributed by atoms with van der Waals surface area (Å²) >= 11 is 0. The van der Waals surface area contributed by atoms with Crippen LogP contribution in [-0.2, 0) is 9.47 Å². The van der Waals surface area contributed by atoms with Crippen LogP contribution in [0.1, 0.15) is 49.5 Å². The lowest BCUT2D eigenvalue weighted by Crippen LogP contribution is -2.39. The monoisotopic (exact) mass is 331 g/mol. The van der Waals surface area contributed by atoms with Crippen molar-refractivity contribution in [1.29, 1.82) is 0 Å². The van der Waals surface area contributed by atoms with Crippen molar-refractivity contribution in [1.82, 2.24) is 4.90 Å². The lowest BCUT2D eigenvalue weighted by molar-refractivity contribution is 0.0256. The number of methoxy groups -OCH3 is 1. The molecular formula is C19H25NO4. The predicted molar refractivity (Wildman–Crippen MR) is 92.8 cm³/mol. The van der Waals surface area contributed by atoms with E-state index in [1.807, 2.05) is 45.1 Å². The average Bonchev–Trinajstić information content (AvgIpc) is 2.99. The quantitative estimate of drug-likeness (QED) is 0.789. The van der Waals surface area contributed by atoms with Crippen LogP contribution in [0.4, 0.5) is 4.79 Å². The number of esters is 1. The maximum Gasteiger partial charge on any atom is 0.410 e. The van der Waals surface area contributed by atoms with Gasteiger partial charge in [-0.05, 0) is 51.3 Å². The zero-order chi connectivity index (χ0) is 17.7. The third-order valence-electron chi connectivity index (χ3n) is 3.77. The molecule has 1 saturated heterocycles. The summed E-state index contributed by atoms with van der Waals surface area (Å²) in [6.45, 7) is 6.32. The molecule has 130 valence electrons. The van der Waals surface area contributed by atoms with Crippen molar-refractivity contribution >= 4 is 18.1 Å². The van der Waals surface area contributed by atoms with E-state index in [0.29, 0.717) is 12.1 Å². The molecule has 0 aliphatic carbocycles. The van der Waals surface area contributed by atoms with Gasteiger partial charge in [-0.1, -0.05) is 24.3 Å². The van der Waals surface area contributed by atoms with Crippen LogP contribution >= 0.6 is 0 Å². The van der Waals surface area contributed by atoms with E-state index in [2.05, 4.69) is 4.74 Å². The van der Waals surface area contributed by atoms with Gasteiger partial charge in [0.1, 0.15) is 5.60 Å². The van der Waals surface area contributed by atoms with Crippen molar-refractivity contribution in [3.8, 4) is 0 Å². The van der Waals surface area contributed by atoms with Gasteiger partial charge in [0.15, 0.2) is 0 Å². The van der Waals surface area contributed by atoms with Crippen molar-refractivity contribution in [3.05, 3.63) is 41.5 Å². The standard InChI is InChI=1S/C19H25NO4/c1-19(2,3)24-18(22)20-13-5-6-16(20)12-9-14-7-10-15(11-8-14)17(21)23-4/h7-12,16H,5-6,13H2,1-4H3/b12-9+. The van der Waals surface area contributed by atoms with Gasteiger partial charge in [-0.3, -0.25) is 0 Å². The molecule has 1 amide bonds. The summed E-state index contributed by atoms with van der Waals surface area (Å²) in [5.41, 5.74) is 1.00. The summed E-state index contributed by atoms with van der Waals surface area (Å²) in [7, 11) is 1.36. The van der Waals surface area contributed by atoms with E-state index in [4.69, 9.17) is 4.74 Å². The van der Waals surface area contributed by atoms with Gasteiger partial charge in [-0.25, -0.2) is 9.59 Å². The molecule has 0 saturated carbocycles. The van der Waals surface area contributed by atoms with Gasteiger partial charge in [-0.2, -0.15) is 0 Å². The molecule has 1 heterocycles. The van der Waals surface area contributed by atoms with Gasteiger partial charge in [0, 0.05) is 6.54 Å². The summed E-state index contributed by atoms with van der Waals surface area (Å²) in [5, 5.41) is 0. The minimum Gasteiger partial charge on any atom is -0.465 e. The van der Waals surface area contributed by atoms with Crippen LogP contribution in [-0.4, -0.2) is 42.3 Å². The Hall–Kier alpha value is -2.30. The molecule has 1 aliphatic heterocycles. The zero-order valence-electron chi connectivity index (χ0n) is 14.7. The Kier molecular flexibility index (Phi) is 5.65. The Morgan fingerprint density at radius 2 is 1.88 bits per heavy atom. The molecule has 1 unspecified atom stereocenters. The van der Waals surface area contributed by atoms with E-state index in [0.717, 1.165) is 18.4 Å². The zero-order valence-corrected chi connectivity index (χ0v) is 14.7. The first-order chi connectivity index (χ1) is 11.3. The molecule has 0 spiro atoms. The van der Waals surface area contributed by atoms with Crippen LogP contribution in [0.25, 0.3) is 6.08 Å². The highest BCUT2D eigenvalue weighted by Gasteiger charge is 2.30. The summed E-state index contributed by atoms with van der Waals surface area (Å²) < 4.78 is 10.1. The third kappa shape index (κ3) is 4.85. The first-order valence-corrected chi connectivity index (χ1v) is 8.16. The average molecular weight is 331 g/mol. The van der Waals surface area contributed by atoms with Gasteiger partial charge in [-0.15, -0.1) is 0 Å². The number of nitrogens with zero attached hydrogens (tertiary/aromatic N) is 1. The summed E-state index contributed by atoms with van der Waals surface area (Å²) in [6, 6.07) is 7.21. The normalized spacial score (nSPS) is 18.0. The number of hydrogen-bond donors (Lipinski definition) is 0. The van der Waals surface area contributed by atoms with Crippen molar-refractivity contribution < 1.29 is 19.1 Å². The maximum absolute atomic E-state index is 12.3. The van der Waals surface area contributed by atoms with E-state index in [9.17, 15) is 9.59 Å². The number of amides is 1. The summed E-state index contributed by atoms with van der Waals surface area (Å²) in [4.78, 5) is 25.4. The fraction of sp³-hybridized carbons (Fsp3) is 0.474. The number of benzene rings is 1. The van der Waals surface area contributed by atoms with Gasteiger partial charge in [0.05, 0.1) is 18.7 Å². The SMILES string of the molecule is COC(=O)c1ccc(/C=C/C2CCCN2C(=O)OC(C)(C)C)cc1. The highest BCUT2D eigenvalue weighted by Crippen LogP contribution is 2.22.